The summed E-state index contributed by atoms with van der Waals surface area (Å²) in [6.45, 7) is 0. The summed E-state index contributed by atoms with van der Waals surface area (Å²) in [5.41, 5.74) is 2.22. The lowest BCUT2D eigenvalue weighted by Crippen LogP contribution is -2.19. The number of carbonyl (C=O) groups excluding carboxylic acids is 1. The zero-order valence-electron chi connectivity index (χ0n) is 13.7. The Bertz CT molecular complexity index is 914. The van der Waals surface area contributed by atoms with Crippen molar-refractivity contribution < 1.29 is 9.18 Å². The molecule has 0 atom stereocenters. The van der Waals surface area contributed by atoms with Crippen molar-refractivity contribution in [2.75, 3.05) is 16.0 Å². The van der Waals surface area contributed by atoms with E-state index < -0.39 is 11.7 Å². The molecule has 0 saturated carbocycles. The SMILES string of the molecule is O=C(Nc1ccc(NC(=S)Nc2ccccc2)cc1)c1ccccc1F. The Balaban J connectivity index is 1.59. The Morgan fingerprint density at radius 2 is 1.19 bits per heavy atom. The van der Waals surface area contributed by atoms with Crippen LogP contribution in [-0.2, 0) is 0 Å². The van der Waals surface area contributed by atoms with Crippen molar-refractivity contribution in [3.8, 4) is 0 Å². The van der Waals surface area contributed by atoms with Gasteiger partial charge in [0, 0.05) is 17.1 Å². The summed E-state index contributed by atoms with van der Waals surface area (Å²) in [7, 11) is 0. The molecule has 3 aromatic carbocycles. The van der Waals surface area contributed by atoms with Gasteiger partial charge in [-0.15, -0.1) is 0 Å². The first kappa shape index (κ1) is 17.6. The van der Waals surface area contributed by atoms with E-state index in [2.05, 4.69) is 16.0 Å². The molecule has 6 heteroatoms. The fourth-order valence-electron chi connectivity index (χ4n) is 2.30. The predicted octanol–water partition coefficient (Wildman–Crippen LogP) is 4.89. The minimum atomic E-state index is -0.555. The van der Waals surface area contributed by atoms with Crippen molar-refractivity contribution in [3.05, 3.63) is 90.2 Å². The third-order valence-corrected chi connectivity index (χ3v) is 3.75. The number of para-hydroxylation sites is 1. The van der Waals surface area contributed by atoms with Gasteiger partial charge in [0.15, 0.2) is 5.11 Å². The standard InChI is InChI=1S/C20H16FN3OS/c21-18-9-5-4-8-17(18)19(25)22-15-10-12-16(13-11-15)24-20(26)23-14-6-2-1-3-7-14/h1-13H,(H,22,25)(H2,23,24,26). The van der Waals surface area contributed by atoms with E-state index in [0.29, 0.717) is 10.8 Å². The molecule has 1 amide bonds. The van der Waals surface area contributed by atoms with E-state index in [0.717, 1.165) is 11.4 Å². The van der Waals surface area contributed by atoms with Gasteiger partial charge in [-0.3, -0.25) is 4.79 Å². The quantitative estimate of drug-likeness (QED) is 0.577. The van der Waals surface area contributed by atoms with Crippen LogP contribution >= 0.6 is 12.2 Å². The number of rotatable bonds is 4. The summed E-state index contributed by atoms with van der Waals surface area (Å²) in [6, 6.07) is 22.4. The summed E-state index contributed by atoms with van der Waals surface area (Å²) in [5, 5.41) is 9.26. The minimum Gasteiger partial charge on any atom is -0.332 e. The molecule has 3 N–H and O–H groups in total. The summed E-state index contributed by atoms with van der Waals surface area (Å²) in [6.07, 6.45) is 0. The lowest BCUT2D eigenvalue weighted by Gasteiger charge is -2.11. The van der Waals surface area contributed by atoms with Gasteiger partial charge in [-0.1, -0.05) is 30.3 Å². The van der Waals surface area contributed by atoms with E-state index in [1.54, 1.807) is 36.4 Å². The van der Waals surface area contributed by atoms with Gasteiger partial charge in [-0.2, -0.15) is 0 Å². The maximum Gasteiger partial charge on any atom is 0.258 e. The largest absolute Gasteiger partial charge is 0.332 e. The van der Waals surface area contributed by atoms with Gasteiger partial charge in [0.2, 0.25) is 0 Å². The number of hydrogen-bond donors (Lipinski definition) is 3. The van der Waals surface area contributed by atoms with Crippen LogP contribution in [0, 0.1) is 5.82 Å². The maximum absolute atomic E-state index is 13.6. The molecular weight excluding hydrogens is 349 g/mol. The molecule has 3 rings (SSSR count). The van der Waals surface area contributed by atoms with Gasteiger partial charge in [-0.05, 0) is 60.7 Å². The summed E-state index contributed by atoms with van der Waals surface area (Å²) < 4.78 is 13.6. The molecule has 0 fully saturated rings. The molecule has 4 nitrogen and oxygen atoms in total. The second-order valence-electron chi connectivity index (χ2n) is 5.46. The first-order valence-corrected chi connectivity index (χ1v) is 8.31. The highest BCUT2D eigenvalue weighted by atomic mass is 32.1. The van der Waals surface area contributed by atoms with Crippen molar-refractivity contribution in [3.63, 3.8) is 0 Å². The first-order valence-electron chi connectivity index (χ1n) is 7.91. The van der Waals surface area contributed by atoms with Crippen LogP contribution in [0.5, 0.6) is 0 Å². The lowest BCUT2D eigenvalue weighted by molar-refractivity contribution is 0.102. The maximum atomic E-state index is 13.6. The smallest absolute Gasteiger partial charge is 0.258 e. The first-order chi connectivity index (χ1) is 12.6. The van der Waals surface area contributed by atoms with E-state index in [4.69, 9.17) is 12.2 Å². The van der Waals surface area contributed by atoms with Crippen LogP contribution in [0.4, 0.5) is 21.5 Å². The normalized spacial score (nSPS) is 10.0. The van der Waals surface area contributed by atoms with Crippen molar-refractivity contribution in [2.45, 2.75) is 0 Å². The number of nitrogens with one attached hydrogen (secondary N) is 3. The highest BCUT2D eigenvalue weighted by Crippen LogP contribution is 2.16. The summed E-state index contributed by atoms with van der Waals surface area (Å²) in [5.74, 6) is -1.05. The van der Waals surface area contributed by atoms with Crippen molar-refractivity contribution in [1.29, 1.82) is 0 Å². The summed E-state index contributed by atoms with van der Waals surface area (Å²) in [4.78, 5) is 12.1. The van der Waals surface area contributed by atoms with Crippen LogP contribution in [0.25, 0.3) is 0 Å². The van der Waals surface area contributed by atoms with Gasteiger partial charge >= 0.3 is 0 Å². The number of amides is 1. The molecule has 0 saturated heterocycles. The lowest BCUT2D eigenvalue weighted by atomic mass is 10.2. The van der Waals surface area contributed by atoms with Gasteiger partial charge in [0.1, 0.15) is 5.82 Å². The highest BCUT2D eigenvalue weighted by Gasteiger charge is 2.10. The number of hydrogen-bond acceptors (Lipinski definition) is 2. The fraction of sp³-hybridized carbons (Fsp3) is 0. The van der Waals surface area contributed by atoms with Gasteiger partial charge in [-0.25, -0.2) is 4.39 Å². The minimum absolute atomic E-state index is 0.00272. The second-order valence-corrected chi connectivity index (χ2v) is 5.86. The zero-order chi connectivity index (χ0) is 18.4. The average Bonchev–Trinajstić information content (AvgIpc) is 2.64. The van der Waals surface area contributed by atoms with E-state index >= 15 is 0 Å². The molecule has 0 aliphatic carbocycles. The molecule has 130 valence electrons. The number of anilines is 3. The number of carbonyl (C=O) groups is 1. The molecule has 0 spiro atoms. The van der Waals surface area contributed by atoms with Gasteiger partial charge in [0.05, 0.1) is 5.56 Å². The molecule has 0 radical (unpaired) electrons. The van der Waals surface area contributed by atoms with Crippen LogP contribution in [0.2, 0.25) is 0 Å². The Morgan fingerprint density at radius 3 is 1.81 bits per heavy atom. The van der Waals surface area contributed by atoms with E-state index in [1.165, 1.54) is 12.1 Å². The molecule has 26 heavy (non-hydrogen) atoms. The summed E-state index contributed by atoms with van der Waals surface area (Å²) >= 11 is 5.27. The second kappa shape index (κ2) is 8.22. The molecule has 0 aliphatic rings. The number of thiocarbonyl (C=S) groups is 1. The van der Waals surface area contributed by atoms with Gasteiger partial charge in [0.25, 0.3) is 5.91 Å². The third kappa shape index (κ3) is 4.64. The molecular formula is C20H16FN3OS. The Labute approximate surface area is 156 Å². The Kier molecular flexibility index (Phi) is 5.56. The monoisotopic (exact) mass is 365 g/mol. The fourth-order valence-corrected chi connectivity index (χ4v) is 2.53. The van der Waals surface area contributed by atoms with Gasteiger partial charge < -0.3 is 16.0 Å². The van der Waals surface area contributed by atoms with Crippen LogP contribution in [-0.4, -0.2) is 11.0 Å². The Hall–Kier alpha value is -3.25. The number of benzene rings is 3. The molecule has 0 aliphatic heterocycles. The highest BCUT2D eigenvalue weighted by molar-refractivity contribution is 7.80. The van der Waals surface area contributed by atoms with E-state index in [1.807, 2.05) is 30.3 Å². The molecule has 0 unspecified atom stereocenters. The van der Waals surface area contributed by atoms with Crippen LogP contribution < -0.4 is 16.0 Å². The third-order valence-electron chi connectivity index (χ3n) is 3.55. The molecule has 0 aromatic heterocycles. The predicted molar refractivity (Wildman–Crippen MR) is 107 cm³/mol. The van der Waals surface area contributed by atoms with Crippen molar-refractivity contribution in [1.82, 2.24) is 0 Å². The average molecular weight is 365 g/mol. The van der Waals surface area contributed by atoms with Crippen LogP contribution in [0.1, 0.15) is 10.4 Å². The van der Waals surface area contributed by atoms with Crippen molar-refractivity contribution >= 4 is 40.3 Å². The molecule has 3 aromatic rings. The topological polar surface area (TPSA) is 53.2 Å². The molecule has 0 bridgehead atoms. The van der Waals surface area contributed by atoms with E-state index in [-0.39, 0.29) is 5.56 Å². The van der Waals surface area contributed by atoms with Crippen molar-refractivity contribution in [2.24, 2.45) is 0 Å². The van der Waals surface area contributed by atoms with Crippen LogP contribution in [0.15, 0.2) is 78.9 Å². The van der Waals surface area contributed by atoms with E-state index in [9.17, 15) is 9.18 Å². The Morgan fingerprint density at radius 1 is 0.692 bits per heavy atom. The van der Waals surface area contributed by atoms with Crippen LogP contribution in [0.3, 0.4) is 0 Å². The number of halogens is 1. The zero-order valence-corrected chi connectivity index (χ0v) is 14.5. The molecule has 0 heterocycles.